The number of aryl methyl sites for hydroxylation is 1. The van der Waals surface area contributed by atoms with E-state index in [0.717, 1.165) is 31.4 Å². The van der Waals surface area contributed by atoms with Crippen LogP contribution in [0, 0.1) is 11.8 Å². The lowest BCUT2D eigenvalue weighted by atomic mass is 9.88. The molecule has 180 valence electrons. The van der Waals surface area contributed by atoms with Gasteiger partial charge in [0.2, 0.25) is 11.8 Å². The standard InChI is InChI=1S/C23H39N5O4/c1-17-13-27(18(2)15-29)22(30)10-7-11-28-20(12-24-25-28)16-32-21(17)14-26(3)23(31)19-8-5-4-6-9-19/h12,17-19,21,29H,4-11,13-16H2,1-3H3/t17-,18-,21-/m1/s1. The molecule has 1 N–H and O–H groups in total. The van der Waals surface area contributed by atoms with Crippen LogP contribution in [0.15, 0.2) is 6.20 Å². The van der Waals surface area contributed by atoms with Gasteiger partial charge in [-0.2, -0.15) is 0 Å². The predicted octanol–water partition coefficient (Wildman–Crippen LogP) is 1.84. The highest BCUT2D eigenvalue weighted by Gasteiger charge is 2.31. The average molecular weight is 450 g/mol. The molecular formula is C23H39N5O4. The molecule has 9 nitrogen and oxygen atoms in total. The third kappa shape index (κ3) is 6.28. The quantitative estimate of drug-likeness (QED) is 0.736. The van der Waals surface area contributed by atoms with Gasteiger partial charge in [-0.15, -0.1) is 5.10 Å². The maximum absolute atomic E-state index is 13.0. The molecule has 2 amide bonds. The van der Waals surface area contributed by atoms with E-state index in [4.69, 9.17) is 4.74 Å². The molecular weight excluding hydrogens is 410 g/mol. The Balaban J connectivity index is 1.77. The molecule has 1 aromatic rings. The number of likely N-dealkylation sites (N-methyl/N-ethyl adjacent to an activating group) is 1. The van der Waals surface area contributed by atoms with Crippen LogP contribution in [0.1, 0.15) is 64.5 Å². The fourth-order valence-corrected chi connectivity index (χ4v) is 4.77. The summed E-state index contributed by atoms with van der Waals surface area (Å²) in [5.74, 6) is 0.299. The Hall–Kier alpha value is -2.00. The molecule has 1 aliphatic heterocycles. The van der Waals surface area contributed by atoms with Crippen LogP contribution >= 0.6 is 0 Å². The van der Waals surface area contributed by atoms with E-state index in [1.807, 2.05) is 14.0 Å². The van der Waals surface area contributed by atoms with E-state index in [1.165, 1.54) is 6.42 Å². The van der Waals surface area contributed by atoms with Crippen LogP contribution in [0.2, 0.25) is 0 Å². The number of hydrogen-bond donors (Lipinski definition) is 1. The van der Waals surface area contributed by atoms with Gasteiger partial charge in [-0.1, -0.05) is 31.4 Å². The van der Waals surface area contributed by atoms with Crippen molar-refractivity contribution < 1.29 is 19.4 Å². The largest absolute Gasteiger partial charge is 0.394 e. The summed E-state index contributed by atoms with van der Waals surface area (Å²) in [6.45, 7) is 5.72. The SMILES string of the molecule is C[C@@H]1CN([C@H](C)CO)C(=O)CCCn2nncc2CO[C@@H]1CN(C)C(=O)C1CCCCC1. The molecule has 9 heteroatoms. The van der Waals surface area contributed by atoms with Crippen molar-refractivity contribution in [1.82, 2.24) is 24.8 Å². The summed E-state index contributed by atoms with van der Waals surface area (Å²) in [4.78, 5) is 29.5. The van der Waals surface area contributed by atoms with E-state index >= 15 is 0 Å². The molecule has 3 rings (SSSR count). The van der Waals surface area contributed by atoms with Crippen molar-refractivity contribution in [2.45, 2.75) is 84.1 Å². The van der Waals surface area contributed by atoms with E-state index in [-0.39, 0.29) is 42.4 Å². The zero-order valence-electron chi connectivity index (χ0n) is 19.8. The Labute approximate surface area is 191 Å². The highest BCUT2D eigenvalue weighted by atomic mass is 16.5. The molecule has 1 aliphatic carbocycles. The first kappa shape index (κ1) is 24.6. The van der Waals surface area contributed by atoms with Gasteiger partial charge in [0.25, 0.3) is 0 Å². The Bertz CT molecular complexity index is 749. The van der Waals surface area contributed by atoms with Crippen molar-refractivity contribution in [3.05, 3.63) is 11.9 Å². The van der Waals surface area contributed by atoms with E-state index < -0.39 is 0 Å². The molecule has 32 heavy (non-hydrogen) atoms. The topological polar surface area (TPSA) is 101 Å². The molecule has 0 unspecified atom stereocenters. The second-order valence-corrected chi connectivity index (χ2v) is 9.51. The first-order valence-corrected chi connectivity index (χ1v) is 12.0. The van der Waals surface area contributed by atoms with Crippen LogP contribution in [0.25, 0.3) is 0 Å². The summed E-state index contributed by atoms with van der Waals surface area (Å²) in [6, 6.07) is -0.267. The molecule has 0 spiro atoms. The molecule has 2 aliphatic rings. The molecule has 0 saturated heterocycles. The number of aliphatic hydroxyl groups excluding tert-OH is 1. The summed E-state index contributed by atoms with van der Waals surface area (Å²) >= 11 is 0. The van der Waals surface area contributed by atoms with Gasteiger partial charge >= 0.3 is 0 Å². The van der Waals surface area contributed by atoms with Gasteiger partial charge in [0.05, 0.1) is 37.3 Å². The van der Waals surface area contributed by atoms with Gasteiger partial charge in [0.1, 0.15) is 0 Å². The van der Waals surface area contributed by atoms with E-state index in [9.17, 15) is 14.7 Å². The van der Waals surface area contributed by atoms with E-state index in [1.54, 1.807) is 20.7 Å². The van der Waals surface area contributed by atoms with Crippen LogP contribution in [0.5, 0.6) is 0 Å². The molecule has 1 fully saturated rings. The summed E-state index contributed by atoms with van der Waals surface area (Å²) in [5.41, 5.74) is 0.872. The van der Waals surface area contributed by atoms with Gasteiger partial charge in [0.15, 0.2) is 0 Å². The van der Waals surface area contributed by atoms with Crippen LogP contribution < -0.4 is 0 Å². The molecule has 1 aromatic heterocycles. The van der Waals surface area contributed by atoms with E-state index in [2.05, 4.69) is 17.2 Å². The number of aromatic nitrogens is 3. The third-order valence-electron chi connectivity index (χ3n) is 6.92. The molecule has 2 heterocycles. The van der Waals surface area contributed by atoms with Crippen LogP contribution in [0.3, 0.4) is 0 Å². The van der Waals surface area contributed by atoms with Gasteiger partial charge in [-0.05, 0) is 26.2 Å². The highest BCUT2D eigenvalue weighted by Crippen LogP contribution is 2.26. The summed E-state index contributed by atoms with van der Waals surface area (Å²) < 4.78 is 8.11. The smallest absolute Gasteiger partial charge is 0.225 e. The number of ether oxygens (including phenoxy) is 1. The third-order valence-corrected chi connectivity index (χ3v) is 6.92. The highest BCUT2D eigenvalue weighted by molar-refractivity contribution is 5.78. The van der Waals surface area contributed by atoms with Gasteiger partial charge in [-0.3, -0.25) is 9.59 Å². The maximum Gasteiger partial charge on any atom is 0.225 e. The monoisotopic (exact) mass is 449 g/mol. The first-order chi connectivity index (χ1) is 15.4. The summed E-state index contributed by atoms with van der Waals surface area (Å²) in [5, 5.41) is 17.8. The number of aliphatic hydroxyl groups is 1. The van der Waals surface area contributed by atoms with Crippen molar-refractivity contribution in [2.75, 3.05) is 26.7 Å². The number of carbonyl (C=O) groups is 2. The number of hydrogen-bond acceptors (Lipinski definition) is 6. The Morgan fingerprint density at radius 1 is 1.31 bits per heavy atom. The maximum atomic E-state index is 13.0. The van der Waals surface area contributed by atoms with Gasteiger partial charge in [-0.25, -0.2) is 4.68 Å². The van der Waals surface area contributed by atoms with Gasteiger partial charge < -0.3 is 19.6 Å². The minimum atomic E-state index is -0.267. The first-order valence-electron chi connectivity index (χ1n) is 12.0. The minimum Gasteiger partial charge on any atom is -0.394 e. The fourth-order valence-electron chi connectivity index (χ4n) is 4.77. The summed E-state index contributed by atoms with van der Waals surface area (Å²) in [6.07, 6.45) is 7.87. The Morgan fingerprint density at radius 3 is 2.78 bits per heavy atom. The van der Waals surface area contributed by atoms with Crippen molar-refractivity contribution in [3.8, 4) is 0 Å². The fraction of sp³-hybridized carbons (Fsp3) is 0.826. The normalized spacial score (nSPS) is 24.9. The molecule has 0 aromatic carbocycles. The number of rotatable bonds is 5. The lowest BCUT2D eigenvalue weighted by molar-refractivity contribution is -0.140. The lowest BCUT2D eigenvalue weighted by Crippen LogP contribution is -2.48. The molecule has 0 radical (unpaired) electrons. The van der Waals surface area contributed by atoms with Crippen LogP contribution in [0.4, 0.5) is 0 Å². The average Bonchev–Trinajstić information content (AvgIpc) is 3.25. The summed E-state index contributed by atoms with van der Waals surface area (Å²) in [7, 11) is 1.86. The minimum absolute atomic E-state index is 0.0155. The lowest BCUT2D eigenvalue weighted by Gasteiger charge is -2.36. The zero-order chi connectivity index (χ0) is 23.1. The number of amides is 2. The van der Waals surface area contributed by atoms with Crippen LogP contribution in [-0.4, -0.2) is 80.6 Å². The van der Waals surface area contributed by atoms with E-state index in [0.29, 0.717) is 39.1 Å². The van der Waals surface area contributed by atoms with Gasteiger partial charge in [0, 0.05) is 44.9 Å². The van der Waals surface area contributed by atoms with Crippen LogP contribution in [-0.2, 0) is 27.5 Å². The number of fused-ring (bicyclic) bond motifs is 1. The van der Waals surface area contributed by atoms with Crippen molar-refractivity contribution in [2.24, 2.45) is 11.8 Å². The molecule has 0 bridgehead atoms. The predicted molar refractivity (Wildman–Crippen MR) is 119 cm³/mol. The Morgan fingerprint density at radius 2 is 2.06 bits per heavy atom. The van der Waals surface area contributed by atoms with Crippen molar-refractivity contribution in [3.63, 3.8) is 0 Å². The molecule has 3 atom stereocenters. The number of nitrogens with zero attached hydrogens (tertiary/aromatic N) is 5. The van der Waals surface area contributed by atoms with Crippen molar-refractivity contribution in [1.29, 1.82) is 0 Å². The zero-order valence-corrected chi connectivity index (χ0v) is 19.8. The second-order valence-electron chi connectivity index (χ2n) is 9.51. The second kappa shape index (κ2) is 11.7. The van der Waals surface area contributed by atoms with Crippen molar-refractivity contribution >= 4 is 11.8 Å². The number of carbonyl (C=O) groups excluding carboxylic acids is 2. The molecule has 1 saturated carbocycles. The Kier molecular flexibility index (Phi) is 9.04.